The Kier molecular flexibility index (Phi) is 5.17. The van der Waals surface area contributed by atoms with Crippen molar-refractivity contribution in [2.75, 3.05) is 12.4 Å². The van der Waals surface area contributed by atoms with E-state index in [1.54, 1.807) is 19.4 Å². The Morgan fingerprint density at radius 2 is 2.05 bits per heavy atom. The highest BCUT2D eigenvalue weighted by atomic mass is 35.5. The van der Waals surface area contributed by atoms with Crippen molar-refractivity contribution in [3.63, 3.8) is 0 Å². The summed E-state index contributed by atoms with van der Waals surface area (Å²) in [5.74, 6) is 0.764. The molecule has 1 N–H and O–H groups in total. The molecule has 1 amide bonds. The summed E-state index contributed by atoms with van der Waals surface area (Å²) in [4.78, 5) is 15.9. The molecule has 4 nitrogen and oxygen atoms in total. The van der Waals surface area contributed by atoms with Crippen LogP contribution in [0.4, 0.5) is 5.69 Å². The van der Waals surface area contributed by atoms with Crippen molar-refractivity contribution < 1.29 is 9.53 Å². The number of benzene rings is 1. The minimum atomic E-state index is -0.0469. The lowest BCUT2D eigenvalue weighted by Crippen LogP contribution is -2.12. The Morgan fingerprint density at radius 1 is 1.33 bits per heavy atom. The standard InChI is InChI=1S/C16H17ClN2O2/c1-11-9-13(10-18-16(11)17)19-15(20)8-5-12-3-6-14(21-2)7-4-12/h3-4,6-7,9-10H,5,8H2,1-2H3,(H,19,20). The zero-order valence-electron chi connectivity index (χ0n) is 12.0. The number of pyridine rings is 1. The van der Waals surface area contributed by atoms with E-state index in [0.29, 0.717) is 23.7 Å². The second-order valence-electron chi connectivity index (χ2n) is 4.73. The highest BCUT2D eigenvalue weighted by Crippen LogP contribution is 2.17. The van der Waals surface area contributed by atoms with Crippen LogP contribution in [-0.2, 0) is 11.2 Å². The van der Waals surface area contributed by atoms with Gasteiger partial charge < -0.3 is 10.1 Å². The molecule has 0 aliphatic carbocycles. The largest absolute Gasteiger partial charge is 0.497 e. The van der Waals surface area contributed by atoms with Crippen molar-refractivity contribution >= 4 is 23.2 Å². The average molecular weight is 305 g/mol. The Labute approximate surface area is 129 Å². The van der Waals surface area contributed by atoms with Gasteiger partial charge in [0, 0.05) is 6.42 Å². The van der Waals surface area contributed by atoms with Gasteiger partial charge in [0.2, 0.25) is 5.91 Å². The number of aromatic nitrogens is 1. The van der Waals surface area contributed by atoms with Crippen molar-refractivity contribution in [1.82, 2.24) is 4.98 Å². The molecule has 0 spiro atoms. The maximum absolute atomic E-state index is 11.9. The molecule has 2 aromatic rings. The lowest BCUT2D eigenvalue weighted by molar-refractivity contribution is -0.116. The number of carbonyl (C=O) groups is 1. The predicted molar refractivity (Wildman–Crippen MR) is 83.9 cm³/mol. The third kappa shape index (κ3) is 4.46. The molecule has 1 heterocycles. The molecular formula is C16H17ClN2O2. The zero-order chi connectivity index (χ0) is 15.2. The number of halogens is 1. The summed E-state index contributed by atoms with van der Waals surface area (Å²) in [5, 5.41) is 3.27. The van der Waals surface area contributed by atoms with Crippen molar-refractivity contribution in [1.29, 1.82) is 0 Å². The molecule has 0 radical (unpaired) electrons. The third-order valence-corrected chi connectivity index (χ3v) is 3.49. The van der Waals surface area contributed by atoms with E-state index in [1.165, 1.54) is 0 Å². The summed E-state index contributed by atoms with van der Waals surface area (Å²) in [6, 6.07) is 9.50. The van der Waals surface area contributed by atoms with Crippen LogP contribution in [0.15, 0.2) is 36.5 Å². The second kappa shape index (κ2) is 7.09. The van der Waals surface area contributed by atoms with E-state index >= 15 is 0 Å². The number of hydrogen-bond donors (Lipinski definition) is 1. The van der Waals surface area contributed by atoms with E-state index < -0.39 is 0 Å². The normalized spacial score (nSPS) is 10.2. The number of nitrogens with one attached hydrogen (secondary N) is 1. The molecule has 0 fully saturated rings. The molecule has 0 saturated carbocycles. The Balaban J connectivity index is 1.87. The van der Waals surface area contributed by atoms with Crippen molar-refractivity contribution in [2.24, 2.45) is 0 Å². The molecule has 21 heavy (non-hydrogen) atoms. The molecule has 0 unspecified atom stereocenters. The number of hydrogen-bond acceptors (Lipinski definition) is 3. The highest BCUT2D eigenvalue weighted by Gasteiger charge is 2.05. The van der Waals surface area contributed by atoms with Crippen LogP contribution < -0.4 is 10.1 Å². The van der Waals surface area contributed by atoms with E-state index in [4.69, 9.17) is 16.3 Å². The van der Waals surface area contributed by atoms with Crippen LogP contribution in [0.2, 0.25) is 5.15 Å². The maximum Gasteiger partial charge on any atom is 0.224 e. The van der Waals surface area contributed by atoms with Gasteiger partial charge in [0.05, 0.1) is 19.0 Å². The molecule has 0 saturated heterocycles. The zero-order valence-corrected chi connectivity index (χ0v) is 12.8. The Bertz CT molecular complexity index is 627. The van der Waals surface area contributed by atoms with E-state index in [0.717, 1.165) is 16.9 Å². The van der Waals surface area contributed by atoms with Gasteiger partial charge >= 0.3 is 0 Å². The fraction of sp³-hybridized carbons (Fsp3) is 0.250. The van der Waals surface area contributed by atoms with Gasteiger partial charge in [0.25, 0.3) is 0 Å². The average Bonchev–Trinajstić information content (AvgIpc) is 2.49. The van der Waals surface area contributed by atoms with Crippen molar-refractivity contribution in [3.8, 4) is 5.75 Å². The first-order valence-corrected chi connectivity index (χ1v) is 7.01. The Hall–Kier alpha value is -2.07. The fourth-order valence-corrected chi connectivity index (χ4v) is 2.00. The van der Waals surface area contributed by atoms with Gasteiger partial charge in [0.15, 0.2) is 0 Å². The van der Waals surface area contributed by atoms with Gasteiger partial charge in [-0.15, -0.1) is 0 Å². The van der Waals surface area contributed by atoms with Crippen LogP contribution in [0.3, 0.4) is 0 Å². The lowest BCUT2D eigenvalue weighted by atomic mass is 10.1. The Morgan fingerprint density at radius 3 is 2.67 bits per heavy atom. The molecule has 1 aromatic heterocycles. The predicted octanol–water partition coefficient (Wildman–Crippen LogP) is 3.62. The molecule has 5 heteroatoms. The summed E-state index contributed by atoms with van der Waals surface area (Å²) in [7, 11) is 1.63. The minimum Gasteiger partial charge on any atom is -0.497 e. The van der Waals surface area contributed by atoms with Crippen LogP contribution in [0.25, 0.3) is 0 Å². The third-order valence-electron chi connectivity index (χ3n) is 3.10. The topological polar surface area (TPSA) is 51.2 Å². The van der Waals surface area contributed by atoms with E-state index in [2.05, 4.69) is 10.3 Å². The van der Waals surface area contributed by atoms with Crippen molar-refractivity contribution in [2.45, 2.75) is 19.8 Å². The molecular weight excluding hydrogens is 288 g/mol. The first-order chi connectivity index (χ1) is 10.1. The smallest absolute Gasteiger partial charge is 0.224 e. The number of anilines is 1. The van der Waals surface area contributed by atoms with Crippen molar-refractivity contribution in [3.05, 3.63) is 52.8 Å². The summed E-state index contributed by atoms with van der Waals surface area (Å²) in [6.07, 6.45) is 2.64. The number of carbonyl (C=O) groups excluding carboxylic acids is 1. The number of nitrogens with zero attached hydrogens (tertiary/aromatic N) is 1. The van der Waals surface area contributed by atoms with Gasteiger partial charge in [-0.25, -0.2) is 4.98 Å². The first kappa shape index (κ1) is 15.3. The molecule has 1 aromatic carbocycles. The lowest BCUT2D eigenvalue weighted by Gasteiger charge is -2.07. The van der Waals surface area contributed by atoms with E-state index in [1.807, 2.05) is 31.2 Å². The summed E-state index contributed by atoms with van der Waals surface area (Å²) in [5.41, 5.74) is 2.60. The molecule has 0 aliphatic heterocycles. The van der Waals surface area contributed by atoms with Gasteiger partial charge in [-0.05, 0) is 42.7 Å². The van der Waals surface area contributed by atoms with Crippen LogP contribution >= 0.6 is 11.6 Å². The summed E-state index contributed by atoms with van der Waals surface area (Å²) >= 11 is 5.85. The fourth-order valence-electron chi connectivity index (χ4n) is 1.90. The van der Waals surface area contributed by atoms with Crippen LogP contribution in [0.5, 0.6) is 5.75 Å². The summed E-state index contributed by atoms with van der Waals surface area (Å²) in [6.45, 7) is 1.85. The summed E-state index contributed by atoms with van der Waals surface area (Å²) < 4.78 is 5.10. The number of rotatable bonds is 5. The molecule has 0 aliphatic rings. The van der Waals surface area contributed by atoms with Crippen LogP contribution in [-0.4, -0.2) is 18.0 Å². The number of aryl methyl sites for hydroxylation is 2. The van der Waals surface area contributed by atoms with Gasteiger partial charge in [-0.3, -0.25) is 4.79 Å². The van der Waals surface area contributed by atoms with Crippen LogP contribution in [0.1, 0.15) is 17.5 Å². The molecule has 0 bridgehead atoms. The SMILES string of the molecule is COc1ccc(CCC(=O)Nc2cnc(Cl)c(C)c2)cc1. The minimum absolute atomic E-state index is 0.0469. The highest BCUT2D eigenvalue weighted by molar-refractivity contribution is 6.30. The number of amides is 1. The van der Waals surface area contributed by atoms with Gasteiger partial charge in [0.1, 0.15) is 10.9 Å². The van der Waals surface area contributed by atoms with Crippen LogP contribution in [0, 0.1) is 6.92 Å². The number of methoxy groups -OCH3 is 1. The van der Waals surface area contributed by atoms with Gasteiger partial charge in [-0.1, -0.05) is 23.7 Å². The maximum atomic E-state index is 11.9. The van der Waals surface area contributed by atoms with E-state index in [-0.39, 0.29) is 5.91 Å². The molecule has 2 rings (SSSR count). The number of ether oxygens (including phenoxy) is 1. The molecule has 0 atom stereocenters. The first-order valence-electron chi connectivity index (χ1n) is 6.63. The second-order valence-corrected chi connectivity index (χ2v) is 5.09. The van der Waals surface area contributed by atoms with Gasteiger partial charge in [-0.2, -0.15) is 0 Å². The van der Waals surface area contributed by atoms with E-state index in [9.17, 15) is 4.79 Å². The molecule has 110 valence electrons. The monoisotopic (exact) mass is 304 g/mol. The quantitative estimate of drug-likeness (QED) is 0.858.